The van der Waals surface area contributed by atoms with Crippen LogP contribution in [0, 0.1) is 0 Å². The van der Waals surface area contributed by atoms with Crippen molar-refractivity contribution in [2.45, 2.75) is 33.1 Å². The molecule has 0 aliphatic rings. The molecule has 0 aromatic heterocycles. The van der Waals surface area contributed by atoms with Crippen LogP contribution in [0.4, 0.5) is 0 Å². The monoisotopic (exact) mass is 206 g/mol. The summed E-state index contributed by atoms with van der Waals surface area (Å²) < 4.78 is 4.94. The van der Waals surface area contributed by atoms with E-state index >= 15 is 0 Å². The molecule has 0 spiro atoms. The van der Waals surface area contributed by atoms with Crippen molar-refractivity contribution in [2.75, 3.05) is 6.61 Å². The van der Waals surface area contributed by atoms with Gasteiger partial charge in [-0.05, 0) is 17.5 Å². The van der Waals surface area contributed by atoms with Gasteiger partial charge in [-0.25, -0.2) is 0 Å². The maximum absolute atomic E-state index is 10.6. The van der Waals surface area contributed by atoms with Gasteiger partial charge in [0.05, 0.1) is 6.61 Å². The second-order valence-corrected chi connectivity index (χ2v) is 3.61. The Labute approximate surface area is 91.3 Å². The fourth-order valence-electron chi connectivity index (χ4n) is 1.62. The van der Waals surface area contributed by atoms with E-state index in [-0.39, 0.29) is 5.97 Å². The van der Waals surface area contributed by atoms with Crippen LogP contribution in [-0.2, 0) is 22.4 Å². The lowest BCUT2D eigenvalue weighted by atomic mass is 10.0. The molecule has 2 heteroatoms. The molecule has 0 unspecified atom stereocenters. The van der Waals surface area contributed by atoms with Crippen LogP contribution in [0.3, 0.4) is 0 Å². The number of esters is 1. The predicted octanol–water partition coefficient (Wildman–Crippen LogP) is 2.74. The summed E-state index contributed by atoms with van der Waals surface area (Å²) in [5.74, 6) is -0.206. The molecular weight excluding hydrogens is 188 g/mol. The van der Waals surface area contributed by atoms with Crippen LogP contribution in [-0.4, -0.2) is 12.6 Å². The lowest BCUT2D eigenvalue weighted by molar-refractivity contribution is -0.140. The number of hydrogen-bond donors (Lipinski definition) is 0. The molecule has 15 heavy (non-hydrogen) atoms. The summed E-state index contributed by atoms with van der Waals surface area (Å²) in [6.45, 7) is 4.09. The molecule has 0 saturated heterocycles. The van der Waals surface area contributed by atoms with E-state index in [1.807, 2.05) is 6.07 Å². The highest BCUT2D eigenvalue weighted by molar-refractivity contribution is 5.65. The van der Waals surface area contributed by atoms with E-state index in [2.05, 4.69) is 25.1 Å². The molecule has 1 aromatic rings. The number of aryl methyl sites for hydroxylation is 1. The largest absolute Gasteiger partial charge is 0.466 e. The topological polar surface area (TPSA) is 26.3 Å². The molecule has 0 heterocycles. The third kappa shape index (κ3) is 4.15. The molecule has 0 saturated carbocycles. The number of benzene rings is 1. The molecule has 0 fully saturated rings. The molecule has 1 rings (SSSR count). The minimum absolute atomic E-state index is 0.206. The highest BCUT2D eigenvalue weighted by Crippen LogP contribution is 2.11. The van der Waals surface area contributed by atoms with Crippen LogP contribution in [0.1, 0.15) is 31.4 Å². The Morgan fingerprint density at radius 3 is 2.33 bits per heavy atom. The van der Waals surface area contributed by atoms with Gasteiger partial charge in [0.2, 0.25) is 0 Å². The van der Waals surface area contributed by atoms with Crippen LogP contribution in [0.5, 0.6) is 0 Å². The molecule has 82 valence electrons. The Morgan fingerprint density at radius 1 is 1.20 bits per heavy atom. The van der Waals surface area contributed by atoms with Gasteiger partial charge in [0.1, 0.15) is 0 Å². The lowest BCUT2D eigenvalue weighted by Gasteiger charge is -2.08. The molecule has 2 nitrogen and oxygen atoms in total. The van der Waals surface area contributed by atoms with Crippen molar-refractivity contribution in [3.8, 4) is 0 Å². The first-order valence-corrected chi connectivity index (χ1v) is 5.44. The van der Waals surface area contributed by atoms with E-state index in [1.165, 1.54) is 18.1 Å². The van der Waals surface area contributed by atoms with Gasteiger partial charge in [-0.2, -0.15) is 0 Å². The first-order chi connectivity index (χ1) is 7.24. The van der Waals surface area contributed by atoms with E-state index in [9.17, 15) is 4.79 Å². The lowest BCUT2D eigenvalue weighted by Crippen LogP contribution is -2.05. The summed E-state index contributed by atoms with van der Waals surface area (Å²) >= 11 is 0. The molecule has 0 aliphatic heterocycles. The van der Waals surface area contributed by atoms with Crippen LogP contribution in [0.2, 0.25) is 0 Å². The Bertz CT molecular complexity index is 318. The zero-order valence-corrected chi connectivity index (χ0v) is 9.45. The van der Waals surface area contributed by atoms with E-state index in [4.69, 9.17) is 4.74 Å². The third-order valence-electron chi connectivity index (χ3n) is 2.31. The zero-order chi connectivity index (χ0) is 11.1. The first kappa shape index (κ1) is 11.8. The predicted molar refractivity (Wildman–Crippen MR) is 60.8 cm³/mol. The Balaban J connectivity index is 2.55. The molecule has 0 atom stereocenters. The van der Waals surface area contributed by atoms with E-state index in [0.717, 1.165) is 19.3 Å². The van der Waals surface area contributed by atoms with Crippen molar-refractivity contribution in [3.63, 3.8) is 0 Å². The summed E-state index contributed by atoms with van der Waals surface area (Å²) in [4.78, 5) is 10.6. The van der Waals surface area contributed by atoms with Gasteiger partial charge in [0.25, 0.3) is 0 Å². The van der Waals surface area contributed by atoms with Crippen molar-refractivity contribution >= 4 is 5.97 Å². The van der Waals surface area contributed by atoms with Gasteiger partial charge in [-0.15, -0.1) is 0 Å². The number of ether oxygens (including phenoxy) is 1. The third-order valence-corrected chi connectivity index (χ3v) is 2.31. The standard InChI is InChI=1S/C13H18O2/c1-3-6-12-7-4-5-8-13(12)9-10-15-11(2)14/h4-5,7-8H,3,6,9-10H2,1-2H3. The van der Waals surface area contributed by atoms with Gasteiger partial charge in [0.15, 0.2) is 0 Å². The van der Waals surface area contributed by atoms with Crippen LogP contribution >= 0.6 is 0 Å². The second-order valence-electron chi connectivity index (χ2n) is 3.61. The van der Waals surface area contributed by atoms with Crippen LogP contribution in [0.25, 0.3) is 0 Å². The molecule has 0 radical (unpaired) electrons. The average Bonchev–Trinajstić information content (AvgIpc) is 2.20. The summed E-state index contributed by atoms with van der Waals surface area (Å²) in [7, 11) is 0. The van der Waals surface area contributed by atoms with Crippen molar-refractivity contribution in [1.29, 1.82) is 0 Å². The van der Waals surface area contributed by atoms with E-state index < -0.39 is 0 Å². The minimum atomic E-state index is -0.206. The maximum atomic E-state index is 10.6. The normalized spacial score (nSPS) is 10.0. The fraction of sp³-hybridized carbons (Fsp3) is 0.462. The number of hydrogen-bond acceptors (Lipinski definition) is 2. The SMILES string of the molecule is CCCc1ccccc1CCOC(C)=O. The Morgan fingerprint density at radius 2 is 1.80 bits per heavy atom. The van der Waals surface area contributed by atoms with Gasteiger partial charge in [-0.3, -0.25) is 4.79 Å². The van der Waals surface area contributed by atoms with Crippen molar-refractivity contribution < 1.29 is 9.53 Å². The van der Waals surface area contributed by atoms with E-state index in [1.54, 1.807) is 0 Å². The molecule has 0 N–H and O–H groups in total. The maximum Gasteiger partial charge on any atom is 0.302 e. The smallest absolute Gasteiger partial charge is 0.302 e. The summed E-state index contributed by atoms with van der Waals surface area (Å²) in [6, 6.07) is 8.34. The molecule has 1 aromatic carbocycles. The molecule has 0 bridgehead atoms. The number of carbonyl (C=O) groups excluding carboxylic acids is 1. The average molecular weight is 206 g/mol. The highest BCUT2D eigenvalue weighted by Gasteiger charge is 2.01. The zero-order valence-electron chi connectivity index (χ0n) is 9.45. The van der Waals surface area contributed by atoms with Gasteiger partial charge < -0.3 is 4.74 Å². The van der Waals surface area contributed by atoms with Crippen molar-refractivity contribution in [2.24, 2.45) is 0 Å². The quantitative estimate of drug-likeness (QED) is 0.692. The second kappa shape index (κ2) is 6.23. The first-order valence-electron chi connectivity index (χ1n) is 5.44. The van der Waals surface area contributed by atoms with Crippen molar-refractivity contribution in [1.82, 2.24) is 0 Å². The summed E-state index contributed by atoms with van der Waals surface area (Å²) in [5.41, 5.74) is 2.66. The van der Waals surface area contributed by atoms with Gasteiger partial charge in [0, 0.05) is 13.3 Å². The molecule has 0 aliphatic carbocycles. The summed E-state index contributed by atoms with van der Waals surface area (Å²) in [5, 5.41) is 0. The number of rotatable bonds is 5. The molecular formula is C13H18O2. The van der Waals surface area contributed by atoms with Gasteiger partial charge >= 0.3 is 5.97 Å². The van der Waals surface area contributed by atoms with E-state index in [0.29, 0.717) is 6.61 Å². The van der Waals surface area contributed by atoms with Gasteiger partial charge in [-0.1, -0.05) is 37.6 Å². The van der Waals surface area contributed by atoms with Crippen LogP contribution in [0.15, 0.2) is 24.3 Å². The Kier molecular flexibility index (Phi) is 4.88. The summed E-state index contributed by atoms with van der Waals surface area (Å²) in [6.07, 6.45) is 3.05. The Hall–Kier alpha value is -1.31. The molecule has 0 amide bonds. The van der Waals surface area contributed by atoms with Crippen LogP contribution < -0.4 is 0 Å². The number of carbonyl (C=O) groups is 1. The van der Waals surface area contributed by atoms with Crippen molar-refractivity contribution in [3.05, 3.63) is 35.4 Å². The minimum Gasteiger partial charge on any atom is -0.466 e. The fourth-order valence-corrected chi connectivity index (χ4v) is 1.62. The highest BCUT2D eigenvalue weighted by atomic mass is 16.5.